The van der Waals surface area contributed by atoms with Crippen molar-refractivity contribution in [3.8, 4) is 11.5 Å². The van der Waals surface area contributed by atoms with Gasteiger partial charge in [-0.2, -0.15) is 0 Å². The quantitative estimate of drug-likeness (QED) is 0.0530. The SMILES string of the molecule is COC(=O)c1cn([C@H](CO)C(C)C)c2cc(OC)c(Cc3cc(N4CCCC4=O)c(F)c(Cl)c3F)cc2c1=O.COC(=O)c1cn([C@H](CO)C(C)C)c2cc(OC)c(Cc3cc(N4CCCC4=O)c(F)c(Cl)c3F)cc2c1=O. The molecule has 16 nitrogen and oxygen atoms in total. The van der Waals surface area contributed by atoms with Crippen LogP contribution in [0, 0.1) is 35.1 Å². The summed E-state index contributed by atoms with van der Waals surface area (Å²) in [6, 6.07) is 7.62. The fourth-order valence-electron chi connectivity index (χ4n) is 9.95. The number of fused-ring (bicyclic) bond motifs is 2. The molecule has 22 heteroatoms. The van der Waals surface area contributed by atoms with Crippen LogP contribution in [0.25, 0.3) is 21.8 Å². The molecule has 2 fully saturated rings. The maximum atomic E-state index is 15.2. The minimum atomic E-state index is -1.02. The number of aliphatic hydroxyl groups excluding tert-OH is 2. The first-order valence-electron chi connectivity index (χ1n) is 24.9. The Bertz CT molecular complexity index is 3270. The summed E-state index contributed by atoms with van der Waals surface area (Å²) in [6.07, 6.45) is 3.99. The molecule has 0 spiro atoms. The number of anilines is 2. The molecular formula is C56H58Cl2F4N4O12. The number of hydrogen-bond donors (Lipinski definition) is 2. The van der Waals surface area contributed by atoms with Crippen LogP contribution in [0.5, 0.6) is 11.5 Å². The monoisotopic (exact) mass is 1120 g/mol. The number of pyridine rings is 2. The summed E-state index contributed by atoms with van der Waals surface area (Å²) in [6.45, 7) is 7.59. The minimum Gasteiger partial charge on any atom is -0.496 e. The van der Waals surface area contributed by atoms with Gasteiger partial charge in [0.05, 0.1) is 76.1 Å². The number of esters is 2. The summed E-state index contributed by atoms with van der Waals surface area (Å²) in [5.41, 5.74) is -0.421. The van der Waals surface area contributed by atoms with Gasteiger partial charge < -0.3 is 48.1 Å². The molecule has 2 saturated heterocycles. The van der Waals surface area contributed by atoms with Gasteiger partial charge in [-0.05, 0) is 71.2 Å². The number of rotatable bonds is 16. The molecule has 0 saturated carbocycles. The highest BCUT2D eigenvalue weighted by molar-refractivity contribution is 6.31. The van der Waals surface area contributed by atoms with Crippen molar-refractivity contribution in [3.05, 3.63) is 136 Å². The molecule has 2 atom stereocenters. The maximum absolute atomic E-state index is 15.2. The van der Waals surface area contributed by atoms with E-state index in [0.717, 1.165) is 14.2 Å². The van der Waals surface area contributed by atoms with Crippen LogP contribution >= 0.6 is 23.2 Å². The lowest BCUT2D eigenvalue weighted by Gasteiger charge is -2.25. The molecule has 78 heavy (non-hydrogen) atoms. The molecule has 2 aliphatic rings. The van der Waals surface area contributed by atoms with Crippen molar-refractivity contribution in [1.29, 1.82) is 0 Å². The van der Waals surface area contributed by atoms with Gasteiger partial charge in [-0.15, -0.1) is 0 Å². The molecule has 0 unspecified atom stereocenters. The first kappa shape index (κ1) is 58.7. The van der Waals surface area contributed by atoms with Gasteiger partial charge in [-0.25, -0.2) is 27.2 Å². The number of halogens is 6. The van der Waals surface area contributed by atoms with E-state index in [2.05, 4.69) is 0 Å². The minimum absolute atomic E-state index is 0.00591. The van der Waals surface area contributed by atoms with Gasteiger partial charge >= 0.3 is 11.9 Å². The van der Waals surface area contributed by atoms with Crippen molar-refractivity contribution in [2.24, 2.45) is 11.8 Å². The number of carbonyl (C=O) groups excluding carboxylic acids is 4. The zero-order valence-corrected chi connectivity index (χ0v) is 45.5. The number of amides is 2. The third-order valence-corrected chi connectivity index (χ3v) is 14.9. The molecular weight excluding hydrogens is 1070 g/mol. The predicted octanol–water partition coefficient (Wildman–Crippen LogP) is 9.27. The average molecular weight is 1130 g/mol. The maximum Gasteiger partial charge on any atom is 0.343 e. The van der Waals surface area contributed by atoms with Crippen molar-refractivity contribution >= 4 is 80.1 Å². The van der Waals surface area contributed by atoms with E-state index in [-0.39, 0.29) is 120 Å². The lowest BCUT2D eigenvalue weighted by molar-refractivity contribution is -0.117. The van der Waals surface area contributed by atoms with Gasteiger partial charge in [-0.1, -0.05) is 50.9 Å². The van der Waals surface area contributed by atoms with Gasteiger partial charge in [0, 0.05) is 74.1 Å². The highest BCUT2D eigenvalue weighted by Gasteiger charge is 2.32. The summed E-state index contributed by atoms with van der Waals surface area (Å²) in [7, 11) is 5.13. The standard InChI is InChI=1S/2C28H29ClF2N2O6/c2*1-14(2)21(13-34)33-12-18(28(37)39-4)27(36)17-9-15(22(38-3)11-19(17)33)8-16-10-20(26(31)24(29)25(16)30)32-7-5-6-23(32)35/h2*9-12,14,21,34H,5-8,13H2,1-4H3/t2*21-/m11/s1. The van der Waals surface area contributed by atoms with Crippen molar-refractivity contribution < 1.29 is 65.9 Å². The van der Waals surface area contributed by atoms with Gasteiger partial charge in [0.25, 0.3) is 0 Å². The highest BCUT2D eigenvalue weighted by Crippen LogP contribution is 2.39. The molecule has 416 valence electrons. The Balaban J connectivity index is 0.000000226. The number of methoxy groups -OCH3 is 4. The lowest BCUT2D eigenvalue weighted by Crippen LogP contribution is -2.26. The number of ether oxygens (including phenoxy) is 4. The largest absolute Gasteiger partial charge is 0.496 e. The smallest absolute Gasteiger partial charge is 0.343 e. The number of benzene rings is 4. The normalized spacial score (nSPS) is 14.4. The highest BCUT2D eigenvalue weighted by atomic mass is 35.5. The first-order chi connectivity index (χ1) is 37.1. The number of aromatic nitrogens is 2. The Labute approximate surface area is 455 Å². The van der Waals surface area contributed by atoms with Gasteiger partial charge in [0.2, 0.25) is 22.7 Å². The van der Waals surface area contributed by atoms with E-state index in [9.17, 15) is 47.8 Å². The predicted molar refractivity (Wildman–Crippen MR) is 286 cm³/mol. The molecule has 2 aliphatic heterocycles. The molecule has 2 aromatic heterocycles. The van der Waals surface area contributed by atoms with Gasteiger partial charge in [0.15, 0.2) is 11.6 Å². The molecule has 0 radical (unpaired) electrons. The Hall–Kier alpha value is -7.00. The van der Waals surface area contributed by atoms with E-state index in [1.807, 2.05) is 27.7 Å². The van der Waals surface area contributed by atoms with Crippen molar-refractivity contribution in [1.82, 2.24) is 9.13 Å². The molecule has 4 aromatic carbocycles. The summed E-state index contributed by atoms with van der Waals surface area (Å²) < 4.78 is 84.2. The number of nitrogens with zero attached hydrogens (tertiary/aromatic N) is 4. The van der Waals surface area contributed by atoms with E-state index < -0.39 is 68.2 Å². The van der Waals surface area contributed by atoms with E-state index in [1.165, 1.54) is 60.7 Å². The fraction of sp³-hybridized carbons (Fsp3) is 0.393. The molecule has 2 N–H and O–H groups in total. The summed E-state index contributed by atoms with van der Waals surface area (Å²) in [4.78, 5) is 78.7. The lowest BCUT2D eigenvalue weighted by atomic mass is 9.98. The summed E-state index contributed by atoms with van der Waals surface area (Å²) in [5, 5.41) is 19.0. The van der Waals surface area contributed by atoms with E-state index in [4.69, 9.17) is 42.1 Å². The fourth-order valence-corrected chi connectivity index (χ4v) is 10.4. The third kappa shape index (κ3) is 11.2. The van der Waals surface area contributed by atoms with Crippen molar-refractivity contribution in [2.75, 3.05) is 64.5 Å². The molecule has 6 aromatic rings. The van der Waals surface area contributed by atoms with Crippen LogP contribution in [0.4, 0.5) is 28.9 Å². The Morgan fingerprint density at radius 1 is 0.564 bits per heavy atom. The van der Waals surface area contributed by atoms with E-state index in [0.29, 0.717) is 46.5 Å². The van der Waals surface area contributed by atoms with E-state index in [1.54, 1.807) is 21.3 Å². The second kappa shape index (κ2) is 24.3. The van der Waals surface area contributed by atoms with Crippen LogP contribution in [-0.2, 0) is 31.9 Å². The van der Waals surface area contributed by atoms with Crippen molar-refractivity contribution in [2.45, 2.75) is 78.3 Å². The number of carbonyl (C=O) groups is 4. The molecule has 2 amide bonds. The zero-order valence-electron chi connectivity index (χ0n) is 44.0. The first-order valence-corrected chi connectivity index (χ1v) is 25.7. The zero-order chi connectivity index (χ0) is 57.2. The molecule has 0 bridgehead atoms. The van der Waals surface area contributed by atoms with Crippen LogP contribution in [0.15, 0.2) is 58.4 Å². The van der Waals surface area contributed by atoms with Crippen LogP contribution in [-0.4, -0.2) is 97.8 Å². The van der Waals surface area contributed by atoms with Crippen LogP contribution in [0.3, 0.4) is 0 Å². The molecule has 8 rings (SSSR count). The van der Waals surface area contributed by atoms with Crippen LogP contribution < -0.4 is 30.1 Å². The van der Waals surface area contributed by atoms with Crippen molar-refractivity contribution in [3.63, 3.8) is 0 Å². The summed E-state index contributed by atoms with van der Waals surface area (Å²) >= 11 is 12.0. The van der Waals surface area contributed by atoms with Gasteiger partial charge in [-0.3, -0.25) is 19.2 Å². The average Bonchev–Trinajstić information content (AvgIpc) is 4.18. The third-order valence-electron chi connectivity index (χ3n) is 14.2. The second-order valence-electron chi connectivity index (χ2n) is 19.5. The Kier molecular flexibility index (Phi) is 18.3. The number of aliphatic hydroxyl groups is 2. The number of hydrogen-bond acceptors (Lipinski definition) is 12. The molecule has 4 heterocycles. The summed E-state index contributed by atoms with van der Waals surface area (Å²) in [5.74, 6) is -5.84. The van der Waals surface area contributed by atoms with E-state index >= 15 is 8.78 Å². The van der Waals surface area contributed by atoms with Gasteiger partial charge in [0.1, 0.15) is 44.3 Å². The van der Waals surface area contributed by atoms with Crippen LogP contribution in [0.1, 0.15) is 108 Å². The second-order valence-corrected chi connectivity index (χ2v) is 20.3. The topological polar surface area (TPSA) is 196 Å². The van der Waals surface area contributed by atoms with Crippen LogP contribution in [0.2, 0.25) is 10.0 Å². The molecule has 0 aliphatic carbocycles. The Morgan fingerprint density at radius 3 is 1.21 bits per heavy atom. The Morgan fingerprint density at radius 2 is 0.923 bits per heavy atom.